The van der Waals surface area contributed by atoms with Crippen molar-refractivity contribution < 1.29 is 19.1 Å². The van der Waals surface area contributed by atoms with Crippen molar-refractivity contribution in [2.24, 2.45) is 5.41 Å². The quantitative estimate of drug-likeness (QED) is 0.512. The van der Waals surface area contributed by atoms with Crippen molar-refractivity contribution in [2.75, 3.05) is 20.8 Å². The number of rotatable bonds is 7. The van der Waals surface area contributed by atoms with Gasteiger partial charge in [-0.3, -0.25) is 14.5 Å². The van der Waals surface area contributed by atoms with E-state index in [0.29, 0.717) is 6.47 Å². The largest absolute Gasteiger partial charge is 0.469 e. The molecule has 0 aliphatic rings. The van der Waals surface area contributed by atoms with Crippen LogP contribution < -0.4 is 0 Å². The van der Waals surface area contributed by atoms with E-state index in [9.17, 15) is 9.59 Å². The molecule has 0 aromatic heterocycles. The van der Waals surface area contributed by atoms with Gasteiger partial charge in [0.15, 0.2) is 0 Å². The minimum Gasteiger partial charge on any atom is -0.469 e. The second kappa shape index (κ2) is 7.36. The van der Waals surface area contributed by atoms with Crippen molar-refractivity contribution in [3.05, 3.63) is 0 Å². The highest BCUT2D eigenvalue weighted by atomic mass is 16.5. The second-order valence-corrected chi connectivity index (χ2v) is 5.57. The van der Waals surface area contributed by atoms with Gasteiger partial charge >= 0.3 is 5.97 Å². The summed E-state index contributed by atoms with van der Waals surface area (Å²) >= 11 is 0. The third-order valence-electron chi connectivity index (χ3n) is 3.43. The second-order valence-electron chi connectivity index (χ2n) is 5.57. The molecule has 0 spiro atoms. The Morgan fingerprint density at radius 3 is 2.33 bits per heavy atom. The number of methoxy groups -OCH3 is 1. The van der Waals surface area contributed by atoms with Gasteiger partial charge in [0.25, 0.3) is 6.47 Å². The molecule has 0 aliphatic carbocycles. The van der Waals surface area contributed by atoms with Gasteiger partial charge in [-0.05, 0) is 19.4 Å². The monoisotopic (exact) mass is 259 g/mol. The van der Waals surface area contributed by atoms with Crippen LogP contribution in [-0.2, 0) is 19.1 Å². The zero-order valence-corrected chi connectivity index (χ0v) is 12.2. The smallest absolute Gasteiger partial charge is 0.307 e. The normalized spacial score (nSPS) is 15.1. The third-order valence-corrected chi connectivity index (χ3v) is 3.43. The number of carbonyl (C=O) groups is 2. The first-order valence-corrected chi connectivity index (χ1v) is 6.08. The molecule has 0 saturated carbocycles. The zero-order valence-electron chi connectivity index (χ0n) is 12.2. The van der Waals surface area contributed by atoms with Crippen molar-refractivity contribution in [1.29, 1.82) is 0 Å². The van der Waals surface area contributed by atoms with Gasteiger partial charge in [0, 0.05) is 6.04 Å². The Kier molecular flexibility index (Phi) is 6.91. The minimum absolute atomic E-state index is 0.0737. The molecule has 0 aromatic rings. The van der Waals surface area contributed by atoms with Crippen LogP contribution in [0.5, 0.6) is 0 Å². The van der Waals surface area contributed by atoms with Crippen LogP contribution in [0.25, 0.3) is 0 Å². The van der Waals surface area contributed by atoms with Gasteiger partial charge in [-0.2, -0.15) is 0 Å². The number of hydrogen-bond acceptors (Lipinski definition) is 5. The summed E-state index contributed by atoms with van der Waals surface area (Å²) in [6.07, 6.45) is 0.210. The summed E-state index contributed by atoms with van der Waals surface area (Å²) in [7, 11) is 3.28. The lowest BCUT2D eigenvalue weighted by molar-refractivity contribution is -0.144. The molecule has 5 nitrogen and oxygen atoms in total. The number of carbonyl (C=O) groups excluding carboxylic acids is 2. The maximum Gasteiger partial charge on any atom is 0.307 e. The van der Waals surface area contributed by atoms with Crippen LogP contribution >= 0.6 is 0 Å². The average molecular weight is 259 g/mol. The number of likely N-dealkylation sites (N-methyl/N-ethyl adjacent to an activating group) is 1. The lowest BCUT2D eigenvalue weighted by atomic mass is 9.86. The fraction of sp³-hybridized carbons (Fsp3) is 0.846. The summed E-state index contributed by atoms with van der Waals surface area (Å²) in [6, 6.07) is 0.0688. The van der Waals surface area contributed by atoms with E-state index in [1.165, 1.54) is 7.11 Å². The molecular weight excluding hydrogens is 234 g/mol. The molecule has 0 radical (unpaired) electrons. The van der Waals surface area contributed by atoms with Gasteiger partial charge in [0.1, 0.15) is 6.61 Å². The van der Waals surface area contributed by atoms with Crippen molar-refractivity contribution >= 4 is 12.4 Å². The molecule has 0 rings (SSSR count). The molecular formula is C13H25NO4. The van der Waals surface area contributed by atoms with Crippen LogP contribution in [0.15, 0.2) is 0 Å². The minimum atomic E-state index is -0.303. The Morgan fingerprint density at radius 1 is 1.39 bits per heavy atom. The van der Waals surface area contributed by atoms with Gasteiger partial charge in [-0.25, -0.2) is 0 Å². The molecule has 0 bridgehead atoms. The van der Waals surface area contributed by atoms with Crippen LogP contribution in [0.3, 0.4) is 0 Å². The lowest BCUT2D eigenvalue weighted by Gasteiger charge is -2.39. The van der Waals surface area contributed by atoms with Crippen molar-refractivity contribution in [2.45, 2.75) is 46.2 Å². The molecule has 2 unspecified atom stereocenters. The van der Waals surface area contributed by atoms with Gasteiger partial charge in [0.05, 0.1) is 19.6 Å². The van der Waals surface area contributed by atoms with Crippen molar-refractivity contribution in [3.63, 3.8) is 0 Å². The summed E-state index contributed by atoms with van der Waals surface area (Å²) in [5, 5.41) is 0. The summed E-state index contributed by atoms with van der Waals surface area (Å²) in [5.41, 5.74) is 0.0737. The van der Waals surface area contributed by atoms with Gasteiger partial charge in [-0.1, -0.05) is 20.8 Å². The lowest BCUT2D eigenvalue weighted by Crippen LogP contribution is -2.48. The Hall–Kier alpha value is -1.10. The highest BCUT2D eigenvalue weighted by Gasteiger charge is 2.30. The summed E-state index contributed by atoms with van der Waals surface area (Å²) in [6.45, 7) is 9.07. The third kappa shape index (κ3) is 5.49. The molecule has 18 heavy (non-hydrogen) atoms. The molecule has 0 fully saturated rings. The van der Waals surface area contributed by atoms with Crippen molar-refractivity contribution in [1.82, 2.24) is 4.90 Å². The van der Waals surface area contributed by atoms with Crippen LogP contribution in [0.2, 0.25) is 0 Å². The fourth-order valence-corrected chi connectivity index (χ4v) is 1.67. The maximum absolute atomic E-state index is 11.4. The molecule has 106 valence electrons. The van der Waals surface area contributed by atoms with Crippen LogP contribution in [0.4, 0.5) is 0 Å². The van der Waals surface area contributed by atoms with Gasteiger partial charge in [-0.15, -0.1) is 0 Å². The number of ether oxygens (including phenoxy) is 2. The van der Waals surface area contributed by atoms with Crippen LogP contribution in [0, 0.1) is 5.41 Å². The highest BCUT2D eigenvalue weighted by Crippen LogP contribution is 2.25. The molecule has 0 saturated heterocycles. The Bertz CT molecular complexity index is 273. The van der Waals surface area contributed by atoms with E-state index >= 15 is 0 Å². The Balaban J connectivity index is 4.72. The molecule has 0 aromatic carbocycles. The first kappa shape index (κ1) is 16.9. The van der Waals surface area contributed by atoms with Crippen LogP contribution in [-0.4, -0.2) is 50.2 Å². The first-order chi connectivity index (χ1) is 8.23. The van der Waals surface area contributed by atoms with Gasteiger partial charge in [0.2, 0.25) is 0 Å². The fourth-order valence-electron chi connectivity index (χ4n) is 1.67. The zero-order chi connectivity index (χ0) is 14.3. The number of esters is 1. The Morgan fingerprint density at radius 2 is 1.94 bits per heavy atom. The van der Waals surface area contributed by atoms with E-state index in [1.807, 2.05) is 7.05 Å². The van der Waals surface area contributed by atoms with E-state index in [0.717, 1.165) is 0 Å². The van der Waals surface area contributed by atoms with Crippen LogP contribution in [0.1, 0.15) is 34.1 Å². The summed E-state index contributed by atoms with van der Waals surface area (Å²) in [5.74, 6) is -0.303. The molecule has 0 amide bonds. The molecule has 2 atom stereocenters. The predicted octanol–water partition coefficient (Wildman–Crippen LogP) is 1.46. The topological polar surface area (TPSA) is 55.8 Å². The standard InChI is InChI=1S/C13H25NO4/c1-10(13(2,3)4)14(5)11(8-18-9-15)7-12(16)17-6/h9-11H,7-8H2,1-6H3. The molecule has 5 heteroatoms. The average Bonchev–Trinajstić information content (AvgIpc) is 2.30. The SMILES string of the molecule is COC(=O)CC(COC=O)N(C)C(C)C(C)(C)C. The predicted molar refractivity (Wildman–Crippen MR) is 69.1 cm³/mol. The number of hydrogen-bond donors (Lipinski definition) is 0. The van der Waals surface area contributed by atoms with E-state index in [1.54, 1.807) is 0 Å². The number of nitrogens with zero attached hydrogens (tertiary/aromatic N) is 1. The van der Waals surface area contributed by atoms with E-state index in [4.69, 9.17) is 4.74 Å². The van der Waals surface area contributed by atoms with E-state index in [-0.39, 0.29) is 36.5 Å². The molecule has 0 heterocycles. The first-order valence-electron chi connectivity index (χ1n) is 6.08. The van der Waals surface area contributed by atoms with E-state index < -0.39 is 0 Å². The summed E-state index contributed by atoms with van der Waals surface area (Å²) < 4.78 is 9.46. The maximum atomic E-state index is 11.4. The highest BCUT2D eigenvalue weighted by molar-refractivity contribution is 5.69. The molecule has 0 N–H and O–H groups in total. The summed E-state index contributed by atoms with van der Waals surface area (Å²) in [4.78, 5) is 23.7. The Labute approximate surface area is 109 Å². The van der Waals surface area contributed by atoms with Gasteiger partial charge < -0.3 is 9.47 Å². The molecule has 0 aliphatic heterocycles. The van der Waals surface area contributed by atoms with Crippen molar-refractivity contribution in [3.8, 4) is 0 Å². The van der Waals surface area contributed by atoms with E-state index in [2.05, 4.69) is 37.3 Å².